The maximum Gasteiger partial charge on any atom is 0.460 e. The first-order valence-corrected chi connectivity index (χ1v) is 26.3. The number of sulfonamides is 1. The first-order valence-electron chi connectivity index (χ1n) is 21.7. The molecule has 4 atom stereocenters. The van der Waals surface area contributed by atoms with Crippen molar-refractivity contribution >= 4 is 113 Å². The van der Waals surface area contributed by atoms with Gasteiger partial charge in [0.05, 0.1) is 74.8 Å². The Bertz CT molecular complexity index is 2470. The molecule has 0 radical (unpaired) electrons. The number of carboxylic acids is 1. The Balaban J connectivity index is 2.60. The molecule has 22 nitrogen and oxygen atoms in total. The Morgan fingerprint density at radius 2 is 0.864 bits per heavy atom. The number of carbonyl (C=O) groups excluding carboxylic acids is 4. The number of ether oxygens (including phenoxy) is 1. The van der Waals surface area contributed by atoms with Crippen LogP contribution in [-0.4, -0.2) is 273 Å². The number of benzene rings is 1. The van der Waals surface area contributed by atoms with E-state index >= 15 is 0 Å². The van der Waals surface area contributed by atoms with Crippen molar-refractivity contribution in [1.82, 2.24) is 19.0 Å². The number of nitrogens with zero attached hydrogens (tertiary/aromatic N) is 5. The van der Waals surface area contributed by atoms with Crippen molar-refractivity contribution in [3.05, 3.63) is 21.8 Å². The Morgan fingerprint density at radius 3 is 1.19 bits per heavy atom. The fraction of sp³-hybridized carbons (Fsp3) is 0.711. The van der Waals surface area contributed by atoms with Gasteiger partial charge in [-0.25, -0.2) is 8.42 Å². The van der Waals surface area contributed by atoms with Gasteiger partial charge in [0.1, 0.15) is 19.8 Å². The minimum atomic E-state index is -9.07. The van der Waals surface area contributed by atoms with E-state index < -0.39 is 238 Å². The zero-order valence-electron chi connectivity index (χ0n) is 39.9. The number of anilines is 1. The molecule has 4 amide bonds. The number of carbonyl (C=O) groups is 5. The predicted octanol–water partition coefficient (Wildman–Crippen LogP) is 0.673. The highest BCUT2D eigenvalue weighted by Crippen LogP contribution is 2.64. The summed E-state index contributed by atoms with van der Waals surface area (Å²) in [6, 6.07) is 0. The fourth-order valence-electron chi connectivity index (χ4n) is 6.78. The van der Waals surface area contributed by atoms with Crippen molar-refractivity contribution in [3.8, 4) is 0 Å². The third-order valence-corrected chi connectivity index (χ3v) is 16.3. The maximum atomic E-state index is 14.9. The molecule has 0 saturated carbocycles. The molecule has 1 fully saturated rings. The Morgan fingerprint density at radius 1 is 0.531 bits per heavy atom. The van der Waals surface area contributed by atoms with Crippen molar-refractivity contribution in [3.63, 3.8) is 0 Å². The normalized spacial score (nSPS) is 16.4. The second-order valence-electron chi connectivity index (χ2n) is 16.9. The lowest BCUT2D eigenvalue weighted by Crippen LogP contribution is -2.75. The number of aliphatic hydroxyl groups is 8. The van der Waals surface area contributed by atoms with Gasteiger partial charge in [-0.3, -0.25) is 28.9 Å². The molecule has 1 heterocycles. The number of hydrogen-bond acceptors (Lipinski definition) is 16. The molecule has 1 aromatic rings. The predicted molar refractivity (Wildman–Crippen MR) is 257 cm³/mol. The molecule has 0 aromatic heterocycles. The van der Waals surface area contributed by atoms with E-state index in [0.29, 0.717) is 19.6 Å². The summed E-state index contributed by atoms with van der Waals surface area (Å²) in [6.45, 7) is -17.8. The summed E-state index contributed by atoms with van der Waals surface area (Å²) in [5, 5.41) is 81.2. The van der Waals surface area contributed by atoms with Gasteiger partial charge in [-0.1, -0.05) is 0 Å². The van der Waals surface area contributed by atoms with Crippen LogP contribution in [0.25, 0.3) is 0 Å². The van der Waals surface area contributed by atoms with Crippen LogP contribution in [0.1, 0.15) is 20.7 Å². The number of hydrogen-bond donors (Lipinski definition) is 9. The summed E-state index contributed by atoms with van der Waals surface area (Å²) in [5.41, 5.74) is -1.97. The monoisotopic (exact) mass is 1580 g/mol. The summed E-state index contributed by atoms with van der Waals surface area (Å²) in [6.07, 6.45) is -15.1. The molecule has 9 N–H and O–H groups in total. The molecular formula is C38H43F17I3N5O17S. The second-order valence-corrected chi connectivity index (χ2v) is 22.1. The Kier molecular flexibility index (Phi) is 25.3. The van der Waals surface area contributed by atoms with E-state index in [1.807, 2.05) is 0 Å². The maximum absolute atomic E-state index is 14.9. The van der Waals surface area contributed by atoms with Crippen molar-refractivity contribution in [2.75, 3.05) is 103 Å². The Hall–Kier alpha value is -2.88. The van der Waals surface area contributed by atoms with E-state index in [2.05, 4.69) is 0 Å². The highest BCUT2D eigenvalue weighted by molar-refractivity contribution is 14.1. The van der Waals surface area contributed by atoms with E-state index in [1.54, 1.807) is 0 Å². The number of aliphatic hydroxyl groups excluding tert-OH is 8. The van der Waals surface area contributed by atoms with Crippen molar-refractivity contribution in [2.24, 2.45) is 0 Å². The lowest BCUT2D eigenvalue weighted by molar-refractivity contribution is -0.458. The zero-order valence-corrected chi connectivity index (χ0v) is 47.2. The number of aliphatic carboxylic acids is 1. The molecule has 1 aromatic carbocycles. The number of amides is 4. The van der Waals surface area contributed by atoms with Gasteiger partial charge in [0.2, 0.25) is 5.91 Å². The first-order chi connectivity index (χ1) is 36.6. The van der Waals surface area contributed by atoms with Gasteiger partial charge in [0.25, 0.3) is 27.7 Å². The van der Waals surface area contributed by atoms with Crippen molar-refractivity contribution in [2.45, 2.75) is 71.4 Å². The van der Waals surface area contributed by atoms with E-state index in [0.717, 1.165) is 0 Å². The van der Waals surface area contributed by atoms with Crippen LogP contribution < -0.4 is 4.90 Å². The summed E-state index contributed by atoms with van der Waals surface area (Å²) in [5.74, 6) is -60.3. The molecule has 1 saturated heterocycles. The second kappa shape index (κ2) is 27.7. The summed E-state index contributed by atoms with van der Waals surface area (Å²) < 4.78 is 263. The average molecular weight is 1580 g/mol. The van der Waals surface area contributed by atoms with Gasteiger partial charge in [-0.2, -0.15) is 78.9 Å². The van der Waals surface area contributed by atoms with Crippen LogP contribution in [0.3, 0.4) is 0 Å². The van der Waals surface area contributed by atoms with Crippen LogP contribution in [0.15, 0.2) is 0 Å². The molecule has 43 heteroatoms. The topological polar surface area (TPSA) is 327 Å². The lowest BCUT2D eigenvalue weighted by atomic mass is 9.91. The fourth-order valence-corrected chi connectivity index (χ4v) is 12.9. The van der Waals surface area contributed by atoms with Crippen LogP contribution in [0, 0.1) is 10.7 Å². The Labute approximate surface area is 483 Å². The third kappa shape index (κ3) is 14.9. The quantitative estimate of drug-likeness (QED) is 0.0393. The van der Waals surface area contributed by atoms with Crippen molar-refractivity contribution in [1.29, 1.82) is 0 Å². The van der Waals surface area contributed by atoms with Crippen molar-refractivity contribution < 1.29 is 158 Å². The number of rotatable bonds is 29. The molecule has 1 aliphatic heterocycles. The van der Waals surface area contributed by atoms with Gasteiger partial charge < -0.3 is 65.4 Å². The van der Waals surface area contributed by atoms with Crippen LogP contribution in [0.4, 0.5) is 80.3 Å². The first kappa shape index (κ1) is 74.2. The SMILES string of the molecule is O=C(O)CN(C(=O)COCC(=O)N1CCN(S(=O)(=O)C(F)(F)C(F)(F)C(F)(F)C(F)(F)C(F)(F)C(F)(F)C(F)(F)C(F)(F)F)CC1)c1c(I)c(C(=O)N(CC(O)CO)CC(O)CO)c(I)c(C(=O)N(CC(O)CO)CC(O)CO)c1I. The van der Waals surface area contributed by atoms with E-state index in [9.17, 15) is 153 Å². The average Bonchev–Trinajstić information content (AvgIpc) is 3.36. The number of piperazine rings is 1. The minimum Gasteiger partial charge on any atom is -0.480 e. The number of carboxylic acid groups (broad SMARTS) is 1. The molecule has 81 heavy (non-hydrogen) atoms. The summed E-state index contributed by atoms with van der Waals surface area (Å²) in [7, 11) is -7.71. The van der Waals surface area contributed by atoms with Crippen LogP contribution in [0.5, 0.6) is 0 Å². The molecule has 2 rings (SSSR count). The van der Waals surface area contributed by atoms with Gasteiger partial charge in [-0.05, 0) is 67.8 Å². The number of halogens is 20. The molecule has 0 bridgehead atoms. The molecule has 0 spiro atoms. The highest BCUT2D eigenvalue weighted by atomic mass is 127. The van der Waals surface area contributed by atoms with Gasteiger partial charge in [-0.15, -0.1) is 0 Å². The standard InChI is InChI=1S/C38H43F17I3N5O17S/c39-31(40,33(43,44)35(47,48)37(51,52)53)32(41,42)34(45,46)36(49,50)38(54,55)81(78,79)62-3-1-59(2-4-62)20(72)14-80-15-21(73)63(9-22(74)75)28-26(57)23(29(76)60(5-16(68)10-64)6-17(69)11-65)25(56)24(27(28)58)30(77)61(7-18(70)12-66)8-19(71)13-67/h16-19,64-71H,1-15H2,(H,74,75). The van der Waals surface area contributed by atoms with Crippen LogP contribution in [0.2, 0.25) is 0 Å². The van der Waals surface area contributed by atoms with Gasteiger partial charge in [0.15, 0.2) is 0 Å². The zero-order chi connectivity index (χ0) is 63.4. The largest absolute Gasteiger partial charge is 0.480 e. The van der Waals surface area contributed by atoms with E-state index in [4.69, 9.17) is 4.74 Å². The smallest absolute Gasteiger partial charge is 0.460 e. The van der Waals surface area contributed by atoms with Crippen LogP contribution >= 0.6 is 67.8 Å². The van der Waals surface area contributed by atoms with E-state index in [-0.39, 0.29) is 3.57 Å². The highest BCUT2D eigenvalue weighted by Gasteiger charge is 2.96. The number of alkyl halides is 17. The van der Waals surface area contributed by atoms with Gasteiger partial charge in [0, 0.05) is 55.9 Å². The third-order valence-electron chi connectivity index (χ3n) is 11.1. The molecule has 468 valence electrons. The lowest BCUT2D eigenvalue weighted by Gasteiger charge is -2.43. The van der Waals surface area contributed by atoms with E-state index in [1.165, 1.54) is 67.8 Å². The summed E-state index contributed by atoms with van der Waals surface area (Å²) >= 11 is 4.18. The van der Waals surface area contributed by atoms with Crippen LogP contribution in [-0.2, 0) is 29.1 Å². The summed E-state index contributed by atoms with van der Waals surface area (Å²) in [4.78, 5) is 70.1. The molecule has 4 unspecified atom stereocenters. The minimum absolute atomic E-state index is 0.314. The van der Waals surface area contributed by atoms with Gasteiger partial charge >= 0.3 is 52.9 Å². The molecule has 1 aliphatic rings. The molecular weight excluding hydrogens is 1530 g/mol. The molecule has 0 aliphatic carbocycles.